The molecule has 0 saturated carbocycles. The van der Waals surface area contributed by atoms with Gasteiger partial charge in [-0.1, -0.05) is 42.3 Å². The first-order valence-electron chi connectivity index (χ1n) is 11.1. The molecule has 0 fully saturated rings. The van der Waals surface area contributed by atoms with Crippen molar-refractivity contribution in [1.29, 1.82) is 0 Å². The highest BCUT2D eigenvalue weighted by Gasteiger charge is 2.25. The molecule has 1 aliphatic rings. The molecule has 176 valence electrons. The van der Waals surface area contributed by atoms with Gasteiger partial charge in [0.05, 0.1) is 18.6 Å². The quantitative estimate of drug-likeness (QED) is 0.342. The van der Waals surface area contributed by atoms with Crippen molar-refractivity contribution < 1.29 is 23.8 Å². The van der Waals surface area contributed by atoms with Gasteiger partial charge in [-0.2, -0.15) is 0 Å². The highest BCUT2D eigenvalue weighted by molar-refractivity contribution is 5.97. The monoisotopic (exact) mass is 459 g/mol. The summed E-state index contributed by atoms with van der Waals surface area (Å²) in [4.78, 5) is 24.8. The second-order valence-electron chi connectivity index (χ2n) is 8.03. The molecule has 6 nitrogen and oxygen atoms in total. The van der Waals surface area contributed by atoms with Crippen LogP contribution in [0.1, 0.15) is 53.1 Å². The third kappa shape index (κ3) is 5.87. The summed E-state index contributed by atoms with van der Waals surface area (Å²) in [6.45, 7) is 3.49. The van der Waals surface area contributed by atoms with E-state index in [-0.39, 0.29) is 12.0 Å². The van der Waals surface area contributed by atoms with E-state index in [9.17, 15) is 14.7 Å². The minimum atomic E-state index is -1.11. The van der Waals surface area contributed by atoms with E-state index in [4.69, 9.17) is 15.6 Å². The number of carboxylic acids is 1. The van der Waals surface area contributed by atoms with Gasteiger partial charge in [-0.05, 0) is 60.9 Å². The zero-order valence-electron chi connectivity index (χ0n) is 19.6. The molecule has 1 heterocycles. The molecule has 6 heteroatoms. The molecule has 1 aliphatic carbocycles. The maximum absolute atomic E-state index is 12.9. The van der Waals surface area contributed by atoms with Crippen molar-refractivity contribution >= 4 is 24.0 Å². The molecule has 0 unspecified atom stereocenters. The van der Waals surface area contributed by atoms with Gasteiger partial charge in [0.15, 0.2) is 0 Å². The number of amides is 1. The van der Waals surface area contributed by atoms with Gasteiger partial charge in [-0.25, -0.2) is 4.79 Å². The number of aryl methyl sites for hydroxylation is 1. The van der Waals surface area contributed by atoms with Crippen LogP contribution in [0.5, 0.6) is 0 Å². The fraction of sp³-hybridized carbons (Fsp3) is 0.286. The molecule has 1 aromatic heterocycles. The normalized spacial score (nSPS) is 14.8. The predicted octanol–water partition coefficient (Wildman–Crippen LogP) is 3.19. The number of carbonyl (C=O) groups excluding carboxylic acids is 1. The van der Waals surface area contributed by atoms with Crippen LogP contribution in [-0.2, 0) is 16.0 Å². The van der Waals surface area contributed by atoms with Crippen LogP contribution in [0.15, 0.2) is 52.7 Å². The van der Waals surface area contributed by atoms with Crippen molar-refractivity contribution in [2.24, 2.45) is 0 Å². The van der Waals surface area contributed by atoms with Crippen molar-refractivity contribution in [2.75, 3.05) is 7.11 Å². The van der Waals surface area contributed by atoms with E-state index in [2.05, 4.69) is 23.4 Å². The van der Waals surface area contributed by atoms with Crippen LogP contribution in [-0.4, -0.2) is 30.1 Å². The first-order chi connectivity index (χ1) is 16.4. The number of allylic oxidation sites excluding steroid dienone is 3. The molecule has 2 aromatic rings. The second-order valence-corrected chi connectivity index (χ2v) is 8.03. The molecule has 1 aromatic carbocycles. The number of hydrogen-bond acceptors (Lipinski definition) is 4. The predicted molar refractivity (Wildman–Crippen MR) is 131 cm³/mol. The minimum Gasteiger partial charge on any atom is -0.497 e. The van der Waals surface area contributed by atoms with E-state index in [1.165, 1.54) is 0 Å². The standard InChI is InChI=1S/C28H29NO5/c1-5-20(13-14-23(6-2)33-4)26-17-24(18(3)34-26)27(30)29-25(28(31)32)16-19-11-12-21-9-7-8-10-22(21)15-19/h1,6,9-15,17,20,25H,7-8,16H2,2-4H3,(H,29,30)(H,31,32)/b14-13-,23-6+/t20-,25-/m1/s1. The molecule has 3 rings (SSSR count). The molecule has 34 heavy (non-hydrogen) atoms. The Balaban J connectivity index is 1.77. The zero-order valence-corrected chi connectivity index (χ0v) is 19.6. The first-order valence-corrected chi connectivity index (χ1v) is 11.1. The lowest BCUT2D eigenvalue weighted by atomic mass is 10.0. The fourth-order valence-electron chi connectivity index (χ4n) is 3.85. The lowest BCUT2D eigenvalue weighted by molar-refractivity contribution is -0.139. The summed E-state index contributed by atoms with van der Waals surface area (Å²) in [6.07, 6.45) is 17.4. The number of rotatable bonds is 9. The lowest BCUT2D eigenvalue weighted by Crippen LogP contribution is -2.42. The molecule has 2 atom stereocenters. The summed E-state index contributed by atoms with van der Waals surface area (Å²) in [5, 5.41) is 14.6. The average molecular weight is 460 g/mol. The van der Waals surface area contributed by atoms with Gasteiger partial charge >= 0.3 is 5.97 Å². The van der Waals surface area contributed by atoms with Crippen LogP contribution in [0.4, 0.5) is 0 Å². The molecule has 2 N–H and O–H groups in total. The Bertz CT molecular complexity index is 1290. The third-order valence-electron chi connectivity index (χ3n) is 5.73. The Morgan fingerprint density at radius 2 is 2.00 bits per heavy atom. The van der Waals surface area contributed by atoms with Crippen molar-refractivity contribution in [1.82, 2.24) is 5.32 Å². The molecule has 0 saturated heterocycles. The number of carbonyl (C=O) groups is 2. The highest BCUT2D eigenvalue weighted by atomic mass is 16.5. The Hall–Kier alpha value is -3.98. The summed E-state index contributed by atoms with van der Waals surface area (Å²) in [5.74, 6) is 1.91. The summed E-state index contributed by atoms with van der Waals surface area (Å²) in [5.41, 5.74) is 1.10. The van der Waals surface area contributed by atoms with Gasteiger partial charge in [0.2, 0.25) is 0 Å². The number of benzene rings is 1. The molecule has 0 bridgehead atoms. The molecule has 1 amide bonds. The van der Waals surface area contributed by atoms with E-state index < -0.39 is 23.8 Å². The van der Waals surface area contributed by atoms with Gasteiger partial charge in [-0.3, -0.25) is 4.79 Å². The number of terminal acetylenes is 1. The van der Waals surface area contributed by atoms with Crippen LogP contribution >= 0.6 is 0 Å². The Labute approximate surface area is 199 Å². The summed E-state index contributed by atoms with van der Waals surface area (Å²) in [7, 11) is 1.56. The van der Waals surface area contributed by atoms with Crippen LogP contribution < -0.4 is 15.8 Å². The summed E-state index contributed by atoms with van der Waals surface area (Å²) in [6, 6.07) is 6.35. The SMILES string of the molecule is C#C[C@H](/C=C\C(=C/C)OC)c1cc(C(=O)N[C@H](Cc2ccc3c(c2)=CCCC=3)C(=O)O)c(C)o1. The maximum Gasteiger partial charge on any atom is 0.326 e. The van der Waals surface area contributed by atoms with E-state index >= 15 is 0 Å². The van der Waals surface area contributed by atoms with Gasteiger partial charge in [0.25, 0.3) is 5.91 Å². The summed E-state index contributed by atoms with van der Waals surface area (Å²) < 4.78 is 10.9. The number of hydrogen-bond donors (Lipinski definition) is 2. The zero-order chi connectivity index (χ0) is 24.7. The van der Waals surface area contributed by atoms with Crippen LogP contribution in [0.3, 0.4) is 0 Å². The number of furan rings is 1. The third-order valence-corrected chi connectivity index (χ3v) is 5.73. The Morgan fingerprint density at radius 3 is 2.65 bits per heavy atom. The van der Waals surface area contributed by atoms with Crippen molar-refractivity contribution in [2.45, 2.75) is 45.1 Å². The van der Waals surface area contributed by atoms with Gasteiger partial charge in [0, 0.05) is 6.42 Å². The van der Waals surface area contributed by atoms with Crippen LogP contribution in [0, 0.1) is 19.3 Å². The Kier molecular flexibility index (Phi) is 8.15. The molecular weight excluding hydrogens is 430 g/mol. The summed E-state index contributed by atoms with van der Waals surface area (Å²) >= 11 is 0. The van der Waals surface area contributed by atoms with Crippen molar-refractivity contribution in [3.8, 4) is 12.3 Å². The van der Waals surface area contributed by atoms with E-state index in [0.717, 1.165) is 28.8 Å². The topological polar surface area (TPSA) is 88.8 Å². The smallest absolute Gasteiger partial charge is 0.326 e. The number of fused-ring (bicyclic) bond motifs is 1. The Morgan fingerprint density at radius 1 is 1.26 bits per heavy atom. The van der Waals surface area contributed by atoms with E-state index in [1.807, 2.05) is 25.1 Å². The van der Waals surface area contributed by atoms with E-state index in [0.29, 0.717) is 17.3 Å². The molecule has 0 radical (unpaired) electrons. The largest absolute Gasteiger partial charge is 0.497 e. The number of nitrogens with one attached hydrogen (secondary N) is 1. The molecule has 0 aliphatic heterocycles. The highest BCUT2D eigenvalue weighted by Crippen LogP contribution is 2.24. The van der Waals surface area contributed by atoms with Gasteiger partial charge in [0.1, 0.15) is 23.3 Å². The average Bonchev–Trinajstić information content (AvgIpc) is 3.22. The number of carboxylic acid groups (broad SMARTS) is 1. The number of ether oxygens (including phenoxy) is 1. The second kappa shape index (κ2) is 11.2. The van der Waals surface area contributed by atoms with E-state index in [1.54, 1.807) is 38.3 Å². The number of methoxy groups -OCH3 is 1. The lowest BCUT2D eigenvalue weighted by Gasteiger charge is -2.15. The van der Waals surface area contributed by atoms with Gasteiger partial charge in [-0.15, -0.1) is 6.42 Å². The molecular formula is C28H29NO5. The maximum atomic E-state index is 12.9. The van der Waals surface area contributed by atoms with Crippen molar-refractivity contribution in [3.05, 3.63) is 81.3 Å². The van der Waals surface area contributed by atoms with Crippen LogP contribution in [0.2, 0.25) is 0 Å². The van der Waals surface area contributed by atoms with Crippen LogP contribution in [0.25, 0.3) is 12.2 Å². The van der Waals surface area contributed by atoms with Gasteiger partial charge < -0.3 is 19.6 Å². The molecule has 0 spiro atoms. The first kappa shape index (κ1) is 24.7. The number of aliphatic carboxylic acids is 1. The minimum absolute atomic E-state index is 0.171. The van der Waals surface area contributed by atoms with Crippen molar-refractivity contribution in [3.63, 3.8) is 0 Å². The fourth-order valence-corrected chi connectivity index (χ4v) is 3.85.